The minimum atomic E-state index is -0.722. The molecule has 1 heterocycles. The monoisotopic (exact) mass is 352 g/mol. The molecular weight excluding hydrogens is 336 g/mol. The first kappa shape index (κ1) is 16.2. The van der Waals surface area contributed by atoms with Gasteiger partial charge in [0.2, 0.25) is 0 Å². The lowest BCUT2D eigenvalue weighted by Crippen LogP contribution is -2.29. The number of nitrogens with one attached hydrogen (secondary N) is 1. The molecule has 23 heavy (non-hydrogen) atoms. The fourth-order valence-corrected chi connectivity index (χ4v) is 3.68. The maximum absolute atomic E-state index is 12.6. The van der Waals surface area contributed by atoms with Crippen LogP contribution in [0.3, 0.4) is 0 Å². The van der Waals surface area contributed by atoms with Crippen LogP contribution in [-0.2, 0) is 11.3 Å². The standard InChI is InChI=1S/C16H17ClN2O3S/c17-11-5-6-12-13(7-11)18-16(23)19(14(12)20)8-9-1-3-10(4-2-9)15(21)22/h5-7,9-10H,1-4,8H2,(H,18,23)(H,21,22). The van der Waals surface area contributed by atoms with Gasteiger partial charge in [0.05, 0.1) is 16.8 Å². The van der Waals surface area contributed by atoms with Crippen LogP contribution in [0.4, 0.5) is 0 Å². The minimum absolute atomic E-state index is 0.124. The van der Waals surface area contributed by atoms with Crippen molar-refractivity contribution in [3.63, 3.8) is 0 Å². The molecule has 2 N–H and O–H groups in total. The Balaban J connectivity index is 1.87. The van der Waals surface area contributed by atoms with Gasteiger partial charge in [0.15, 0.2) is 4.77 Å². The number of carboxylic acid groups (broad SMARTS) is 1. The van der Waals surface area contributed by atoms with E-state index >= 15 is 0 Å². The lowest BCUT2D eigenvalue weighted by atomic mass is 9.82. The van der Waals surface area contributed by atoms with Gasteiger partial charge in [0, 0.05) is 11.6 Å². The largest absolute Gasteiger partial charge is 0.481 e. The van der Waals surface area contributed by atoms with Crippen molar-refractivity contribution in [2.24, 2.45) is 11.8 Å². The smallest absolute Gasteiger partial charge is 0.306 e. The quantitative estimate of drug-likeness (QED) is 0.827. The molecule has 0 bridgehead atoms. The summed E-state index contributed by atoms with van der Waals surface area (Å²) < 4.78 is 1.96. The minimum Gasteiger partial charge on any atom is -0.481 e. The normalized spacial score (nSPS) is 21.4. The Morgan fingerprint density at radius 2 is 2.04 bits per heavy atom. The molecule has 5 nitrogen and oxygen atoms in total. The zero-order valence-corrected chi connectivity index (χ0v) is 14.0. The van der Waals surface area contributed by atoms with Crippen LogP contribution in [0, 0.1) is 16.6 Å². The summed E-state index contributed by atoms with van der Waals surface area (Å²) in [6.07, 6.45) is 2.93. The Morgan fingerprint density at radius 1 is 1.35 bits per heavy atom. The summed E-state index contributed by atoms with van der Waals surface area (Å²) in [5.74, 6) is -0.695. The first-order valence-corrected chi connectivity index (χ1v) is 8.39. The topological polar surface area (TPSA) is 75.1 Å². The second-order valence-corrected chi connectivity index (χ2v) is 6.91. The van der Waals surface area contributed by atoms with Crippen LogP contribution in [0.2, 0.25) is 5.02 Å². The van der Waals surface area contributed by atoms with Crippen molar-refractivity contribution >= 4 is 40.7 Å². The number of hydrogen-bond donors (Lipinski definition) is 2. The number of carbonyl (C=O) groups is 1. The zero-order chi connectivity index (χ0) is 16.6. The van der Waals surface area contributed by atoms with Gasteiger partial charge in [-0.2, -0.15) is 0 Å². The predicted molar refractivity (Wildman–Crippen MR) is 91.5 cm³/mol. The summed E-state index contributed by atoms with van der Waals surface area (Å²) in [6, 6.07) is 5.07. The van der Waals surface area contributed by atoms with Crippen molar-refractivity contribution in [2.75, 3.05) is 0 Å². The maximum Gasteiger partial charge on any atom is 0.306 e. The van der Waals surface area contributed by atoms with Crippen LogP contribution in [0.5, 0.6) is 0 Å². The van der Waals surface area contributed by atoms with Gasteiger partial charge >= 0.3 is 5.97 Å². The summed E-state index contributed by atoms with van der Waals surface area (Å²) >= 11 is 11.3. The molecule has 0 unspecified atom stereocenters. The third-order valence-electron chi connectivity index (χ3n) is 4.58. The van der Waals surface area contributed by atoms with Gasteiger partial charge in [-0.3, -0.25) is 14.2 Å². The van der Waals surface area contributed by atoms with Gasteiger partial charge in [-0.15, -0.1) is 0 Å². The SMILES string of the molecule is O=C(O)C1CCC(Cn2c(=S)[nH]c3cc(Cl)ccc3c2=O)CC1. The van der Waals surface area contributed by atoms with Gasteiger partial charge in [0.1, 0.15) is 0 Å². The van der Waals surface area contributed by atoms with Crippen LogP contribution in [0.1, 0.15) is 25.7 Å². The van der Waals surface area contributed by atoms with E-state index in [1.807, 2.05) is 0 Å². The highest BCUT2D eigenvalue weighted by Crippen LogP contribution is 2.29. The number of aromatic amines is 1. The van der Waals surface area contributed by atoms with E-state index in [1.54, 1.807) is 22.8 Å². The fraction of sp³-hybridized carbons (Fsp3) is 0.438. The second-order valence-electron chi connectivity index (χ2n) is 6.09. The Hall–Kier alpha value is -1.66. The van der Waals surface area contributed by atoms with Crippen molar-refractivity contribution in [3.8, 4) is 0 Å². The average Bonchev–Trinajstić information content (AvgIpc) is 2.51. The van der Waals surface area contributed by atoms with Crippen molar-refractivity contribution in [3.05, 3.63) is 38.3 Å². The molecule has 1 aromatic carbocycles. The molecular formula is C16H17ClN2O3S. The number of hydrogen-bond acceptors (Lipinski definition) is 3. The molecule has 0 saturated heterocycles. The van der Waals surface area contributed by atoms with Crippen molar-refractivity contribution < 1.29 is 9.90 Å². The first-order valence-electron chi connectivity index (χ1n) is 7.61. The summed E-state index contributed by atoms with van der Waals surface area (Å²) in [6.45, 7) is 0.527. The van der Waals surface area contributed by atoms with E-state index in [0.717, 1.165) is 12.8 Å². The van der Waals surface area contributed by atoms with Gasteiger partial charge in [0.25, 0.3) is 5.56 Å². The molecule has 1 fully saturated rings. The van der Waals surface area contributed by atoms with E-state index < -0.39 is 5.97 Å². The second kappa shape index (κ2) is 6.45. The van der Waals surface area contributed by atoms with Crippen LogP contribution < -0.4 is 5.56 Å². The van der Waals surface area contributed by atoms with E-state index in [-0.39, 0.29) is 17.4 Å². The lowest BCUT2D eigenvalue weighted by Gasteiger charge is -2.26. The molecule has 1 saturated carbocycles. The Morgan fingerprint density at radius 3 is 2.70 bits per heavy atom. The maximum atomic E-state index is 12.6. The fourth-order valence-electron chi connectivity index (χ4n) is 3.24. The van der Waals surface area contributed by atoms with Gasteiger partial charge in [-0.05, 0) is 62.0 Å². The third kappa shape index (κ3) is 3.33. The molecule has 3 rings (SSSR count). The highest BCUT2D eigenvalue weighted by atomic mass is 35.5. The van der Waals surface area contributed by atoms with Gasteiger partial charge < -0.3 is 10.1 Å². The number of rotatable bonds is 3. The van der Waals surface area contributed by atoms with Crippen LogP contribution in [-0.4, -0.2) is 20.6 Å². The number of benzene rings is 1. The number of fused-ring (bicyclic) bond motifs is 1. The van der Waals surface area contributed by atoms with E-state index in [0.29, 0.717) is 40.1 Å². The third-order valence-corrected chi connectivity index (χ3v) is 5.14. The summed E-state index contributed by atoms with van der Waals surface area (Å²) in [7, 11) is 0. The van der Waals surface area contributed by atoms with Gasteiger partial charge in [-0.1, -0.05) is 11.6 Å². The Labute approximate surface area is 142 Å². The number of nitrogens with zero attached hydrogens (tertiary/aromatic N) is 1. The highest BCUT2D eigenvalue weighted by molar-refractivity contribution is 7.71. The molecule has 0 spiro atoms. The average molecular weight is 353 g/mol. The molecule has 122 valence electrons. The van der Waals surface area contributed by atoms with E-state index in [9.17, 15) is 9.59 Å². The Kier molecular flexibility index (Phi) is 4.55. The van der Waals surface area contributed by atoms with Crippen molar-refractivity contribution in [1.29, 1.82) is 0 Å². The predicted octanol–water partition coefficient (Wildman–Crippen LogP) is 3.60. The number of aliphatic carboxylic acids is 1. The number of carboxylic acids is 1. The highest BCUT2D eigenvalue weighted by Gasteiger charge is 2.26. The van der Waals surface area contributed by atoms with Crippen molar-refractivity contribution in [2.45, 2.75) is 32.2 Å². The van der Waals surface area contributed by atoms with Crippen LogP contribution in [0.15, 0.2) is 23.0 Å². The molecule has 2 aromatic rings. The van der Waals surface area contributed by atoms with Gasteiger partial charge in [-0.25, -0.2) is 0 Å². The molecule has 0 radical (unpaired) electrons. The first-order chi connectivity index (χ1) is 11.0. The van der Waals surface area contributed by atoms with Crippen molar-refractivity contribution in [1.82, 2.24) is 9.55 Å². The number of halogens is 1. The summed E-state index contributed by atoms with van der Waals surface area (Å²) in [4.78, 5) is 26.7. The summed E-state index contributed by atoms with van der Waals surface area (Å²) in [5.41, 5.74) is 0.513. The summed E-state index contributed by atoms with van der Waals surface area (Å²) in [5, 5.41) is 10.2. The molecule has 1 aromatic heterocycles. The molecule has 0 atom stereocenters. The van der Waals surface area contributed by atoms with Crippen LogP contribution in [0.25, 0.3) is 10.9 Å². The number of H-pyrrole nitrogens is 1. The molecule has 1 aliphatic rings. The van der Waals surface area contributed by atoms with Crippen LogP contribution >= 0.6 is 23.8 Å². The molecule has 1 aliphatic carbocycles. The van der Waals surface area contributed by atoms with E-state index in [4.69, 9.17) is 28.9 Å². The lowest BCUT2D eigenvalue weighted by molar-refractivity contribution is -0.143. The van der Waals surface area contributed by atoms with E-state index in [1.165, 1.54) is 0 Å². The molecule has 0 amide bonds. The zero-order valence-electron chi connectivity index (χ0n) is 12.4. The molecule has 7 heteroatoms. The Bertz CT molecular complexity index is 866. The number of aromatic nitrogens is 2. The van der Waals surface area contributed by atoms with E-state index in [2.05, 4.69) is 4.98 Å². The molecule has 0 aliphatic heterocycles.